The highest BCUT2D eigenvalue weighted by atomic mass is 14.8. The number of rotatable bonds is 1. The minimum Gasteiger partial charge on any atom is -0.254 e. The van der Waals surface area contributed by atoms with E-state index in [0.29, 0.717) is 0 Å². The number of fused-ring (bicyclic) bond motifs is 6. The van der Waals surface area contributed by atoms with Gasteiger partial charge >= 0.3 is 0 Å². The second kappa shape index (κ2) is 5.79. The van der Waals surface area contributed by atoms with Crippen LogP contribution in [-0.2, 0) is 0 Å². The van der Waals surface area contributed by atoms with Crippen LogP contribution in [0, 0.1) is 0 Å². The number of pyridine rings is 4. The molecule has 0 aliphatic heterocycles. The van der Waals surface area contributed by atoms with Gasteiger partial charge in [-0.1, -0.05) is 48.5 Å². The fourth-order valence-electron chi connectivity index (χ4n) is 3.73. The average Bonchev–Trinajstić information content (AvgIpc) is 2.78. The maximum atomic E-state index is 4.92. The Morgan fingerprint density at radius 1 is 0.393 bits per heavy atom. The molecule has 0 spiro atoms. The molecule has 0 amide bonds. The van der Waals surface area contributed by atoms with Crippen LogP contribution in [-0.4, -0.2) is 19.9 Å². The summed E-state index contributed by atoms with van der Waals surface area (Å²) >= 11 is 0. The van der Waals surface area contributed by atoms with Crippen LogP contribution >= 0.6 is 0 Å². The van der Waals surface area contributed by atoms with Crippen molar-refractivity contribution in [2.24, 2.45) is 0 Å². The Hall–Kier alpha value is -3.92. The maximum absolute atomic E-state index is 4.92. The van der Waals surface area contributed by atoms with Crippen LogP contribution < -0.4 is 0 Å². The minimum absolute atomic E-state index is 0.834. The van der Waals surface area contributed by atoms with Crippen LogP contribution in [0.15, 0.2) is 85.2 Å². The monoisotopic (exact) mass is 358 g/mol. The molecular weight excluding hydrogens is 344 g/mol. The smallest absolute Gasteiger partial charge is 0.0972 e. The normalized spacial score (nSPS) is 11.6. The lowest BCUT2D eigenvalue weighted by atomic mass is 10.1. The summed E-state index contributed by atoms with van der Waals surface area (Å²) in [7, 11) is 0. The van der Waals surface area contributed by atoms with Crippen LogP contribution in [0.3, 0.4) is 0 Å². The summed E-state index contributed by atoms with van der Waals surface area (Å²) in [5.41, 5.74) is 5.28. The molecule has 28 heavy (non-hydrogen) atoms. The summed E-state index contributed by atoms with van der Waals surface area (Å²) in [6.45, 7) is 0. The zero-order valence-corrected chi connectivity index (χ0v) is 14.9. The number of aromatic nitrogens is 4. The zero-order valence-electron chi connectivity index (χ0n) is 14.9. The molecular formula is C24H14N4. The van der Waals surface area contributed by atoms with Crippen molar-refractivity contribution in [1.29, 1.82) is 0 Å². The Balaban J connectivity index is 1.63. The summed E-state index contributed by atoms with van der Waals surface area (Å²) in [6, 6.07) is 24.5. The first-order chi connectivity index (χ1) is 13.9. The largest absolute Gasteiger partial charge is 0.254 e. The van der Waals surface area contributed by atoms with Crippen LogP contribution in [0.2, 0.25) is 0 Å². The van der Waals surface area contributed by atoms with Crippen LogP contribution in [0.1, 0.15) is 0 Å². The Morgan fingerprint density at radius 2 is 0.786 bits per heavy atom. The van der Waals surface area contributed by atoms with E-state index in [0.717, 1.165) is 55.0 Å². The Kier molecular flexibility index (Phi) is 3.14. The topological polar surface area (TPSA) is 51.6 Å². The van der Waals surface area contributed by atoms with E-state index in [4.69, 9.17) is 9.97 Å². The number of nitrogens with zero attached hydrogens (tertiary/aromatic N) is 4. The van der Waals surface area contributed by atoms with E-state index in [-0.39, 0.29) is 0 Å². The SMILES string of the molecule is c1cnc2c(c1)ccc1ccc(-c3ccc4ccc5cccnc5c4n3)nc12. The van der Waals surface area contributed by atoms with Crippen molar-refractivity contribution in [3.05, 3.63) is 85.2 Å². The predicted octanol–water partition coefficient (Wildman–Crippen LogP) is 5.55. The maximum Gasteiger partial charge on any atom is 0.0972 e. The van der Waals surface area contributed by atoms with Crippen molar-refractivity contribution in [2.45, 2.75) is 0 Å². The quantitative estimate of drug-likeness (QED) is 0.362. The van der Waals surface area contributed by atoms with Gasteiger partial charge in [0.15, 0.2) is 0 Å². The Labute approximate surface area is 160 Å². The molecule has 0 bridgehead atoms. The molecule has 0 saturated carbocycles. The second-order valence-electron chi connectivity index (χ2n) is 6.82. The van der Waals surface area contributed by atoms with Crippen molar-refractivity contribution in [1.82, 2.24) is 19.9 Å². The molecule has 4 aromatic heterocycles. The zero-order chi connectivity index (χ0) is 18.5. The van der Waals surface area contributed by atoms with E-state index < -0.39 is 0 Å². The van der Waals surface area contributed by atoms with Gasteiger partial charge in [0, 0.05) is 33.9 Å². The second-order valence-corrected chi connectivity index (χ2v) is 6.82. The van der Waals surface area contributed by atoms with Gasteiger partial charge in [0.25, 0.3) is 0 Å². The van der Waals surface area contributed by atoms with E-state index in [9.17, 15) is 0 Å². The van der Waals surface area contributed by atoms with Gasteiger partial charge in [-0.25, -0.2) is 9.97 Å². The fraction of sp³-hybridized carbons (Fsp3) is 0. The van der Waals surface area contributed by atoms with Gasteiger partial charge in [-0.15, -0.1) is 0 Å². The van der Waals surface area contributed by atoms with E-state index in [1.165, 1.54) is 0 Å². The van der Waals surface area contributed by atoms with Crippen molar-refractivity contribution in [2.75, 3.05) is 0 Å². The van der Waals surface area contributed by atoms with Crippen LogP contribution in [0.5, 0.6) is 0 Å². The molecule has 6 rings (SSSR count). The van der Waals surface area contributed by atoms with Crippen molar-refractivity contribution in [3.8, 4) is 11.4 Å². The van der Waals surface area contributed by atoms with Crippen molar-refractivity contribution >= 4 is 43.6 Å². The van der Waals surface area contributed by atoms with Crippen molar-refractivity contribution < 1.29 is 0 Å². The van der Waals surface area contributed by atoms with Crippen LogP contribution in [0.4, 0.5) is 0 Å². The third kappa shape index (κ3) is 2.25. The predicted molar refractivity (Wildman–Crippen MR) is 113 cm³/mol. The van der Waals surface area contributed by atoms with Gasteiger partial charge in [-0.05, 0) is 24.3 Å². The third-order valence-electron chi connectivity index (χ3n) is 5.13. The number of hydrogen-bond acceptors (Lipinski definition) is 4. The van der Waals surface area contributed by atoms with Gasteiger partial charge in [-0.2, -0.15) is 0 Å². The van der Waals surface area contributed by atoms with Crippen LogP contribution in [0.25, 0.3) is 55.0 Å². The van der Waals surface area contributed by atoms with Crippen molar-refractivity contribution in [3.63, 3.8) is 0 Å². The van der Waals surface area contributed by atoms with Gasteiger partial charge in [0.05, 0.1) is 33.5 Å². The molecule has 2 aromatic carbocycles. The molecule has 0 aliphatic carbocycles. The lowest BCUT2D eigenvalue weighted by Crippen LogP contribution is -1.92. The summed E-state index contributed by atoms with van der Waals surface area (Å²) in [6.07, 6.45) is 3.62. The average molecular weight is 358 g/mol. The molecule has 0 saturated heterocycles. The van der Waals surface area contributed by atoms with E-state index in [1.807, 2.05) is 36.7 Å². The van der Waals surface area contributed by atoms with E-state index in [2.05, 4.69) is 58.5 Å². The molecule has 4 heterocycles. The third-order valence-corrected chi connectivity index (χ3v) is 5.13. The van der Waals surface area contributed by atoms with Gasteiger partial charge in [-0.3, -0.25) is 9.97 Å². The highest BCUT2D eigenvalue weighted by Crippen LogP contribution is 2.28. The standard InChI is InChI=1S/C24H14N4/c1-3-15-5-7-17-9-11-19(27-23(17)21(15)25-13-1)20-12-10-18-8-6-16-4-2-14-26-22(16)24(18)28-20/h1-14H. The van der Waals surface area contributed by atoms with E-state index >= 15 is 0 Å². The summed E-state index contributed by atoms with van der Waals surface area (Å²) < 4.78 is 0. The first-order valence-corrected chi connectivity index (χ1v) is 9.16. The molecule has 0 aliphatic rings. The summed E-state index contributed by atoms with van der Waals surface area (Å²) in [5.74, 6) is 0. The molecule has 0 N–H and O–H groups in total. The first-order valence-electron chi connectivity index (χ1n) is 9.16. The van der Waals surface area contributed by atoms with Gasteiger partial charge in [0.1, 0.15) is 0 Å². The number of hydrogen-bond donors (Lipinski definition) is 0. The highest BCUT2D eigenvalue weighted by Gasteiger charge is 2.09. The summed E-state index contributed by atoms with van der Waals surface area (Å²) in [5, 5.41) is 4.31. The molecule has 6 aromatic rings. The number of benzene rings is 2. The van der Waals surface area contributed by atoms with E-state index in [1.54, 1.807) is 0 Å². The molecule has 4 heteroatoms. The van der Waals surface area contributed by atoms with Gasteiger partial charge < -0.3 is 0 Å². The fourth-order valence-corrected chi connectivity index (χ4v) is 3.73. The first kappa shape index (κ1) is 15.2. The molecule has 4 nitrogen and oxygen atoms in total. The molecule has 0 atom stereocenters. The molecule has 0 unspecified atom stereocenters. The van der Waals surface area contributed by atoms with Gasteiger partial charge in [0.2, 0.25) is 0 Å². The minimum atomic E-state index is 0.834. The summed E-state index contributed by atoms with van der Waals surface area (Å²) in [4.78, 5) is 18.9. The molecule has 0 fully saturated rings. The lowest BCUT2D eigenvalue weighted by Gasteiger charge is -2.07. The Bertz CT molecular complexity index is 1400. The molecule has 0 radical (unpaired) electrons. The highest BCUT2D eigenvalue weighted by molar-refractivity contribution is 6.04. The molecule has 130 valence electrons. The Morgan fingerprint density at radius 3 is 1.25 bits per heavy atom. The lowest BCUT2D eigenvalue weighted by molar-refractivity contribution is 1.31.